The van der Waals surface area contributed by atoms with Crippen LogP contribution in [0.15, 0.2) is 47.4 Å². The highest BCUT2D eigenvalue weighted by Gasteiger charge is 2.21. The van der Waals surface area contributed by atoms with Crippen LogP contribution < -0.4 is 5.32 Å². The third-order valence-corrected chi connectivity index (χ3v) is 5.25. The maximum atomic E-state index is 12.9. The van der Waals surface area contributed by atoms with E-state index in [9.17, 15) is 22.4 Å². The second-order valence-corrected chi connectivity index (χ2v) is 8.48. The molecule has 8 heteroatoms. The van der Waals surface area contributed by atoms with Crippen molar-refractivity contribution in [2.75, 3.05) is 12.8 Å². The van der Waals surface area contributed by atoms with Gasteiger partial charge in [-0.15, -0.1) is 0 Å². The van der Waals surface area contributed by atoms with Crippen molar-refractivity contribution >= 4 is 21.7 Å². The van der Waals surface area contributed by atoms with Gasteiger partial charge in [0.1, 0.15) is 5.82 Å². The molecule has 6 nitrogen and oxygen atoms in total. The molecule has 1 N–H and O–H groups in total. The van der Waals surface area contributed by atoms with Gasteiger partial charge in [0.05, 0.1) is 10.5 Å². The van der Waals surface area contributed by atoms with Gasteiger partial charge in [-0.3, -0.25) is 4.79 Å². The number of rotatable bonds is 7. The molecule has 0 bridgehead atoms. The number of aryl methyl sites for hydroxylation is 1. The zero-order chi connectivity index (χ0) is 20.9. The van der Waals surface area contributed by atoms with E-state index in [0.29, 0.717) is 18.5 Å². The highest BCUT2D eigenvalue weighted by atomic mass is 32.2. The van der Waals surface area contributed by atoms with Crippen LogP contribution in [0.3, 0.4) is 0 Å². The Hall–Kier alpha value is -2.74. The lowest BCUT2D eigenvalue weighted by Gasteiger charge is -2.15. The van der Waals surface area contributed by atoms with Gasteiger partial charge < -0.3 is 10.1 Å². The third-order valence-electron chi connectivity index (χ3n) is 4.14. The SMILES string of the molecule is Cc1ccc(S(C)(=O)=O)cc1C(=O)O[C@@H](C)C(=O)NCCc1ccc(F)cc1. The lowest BCUT2D eigenvalue weighted by atomic mass is 10.1. The second kappa shape index (κ2) is 8.97. The van der Waals surface area contributed by atoms with Crippen LogP contribution in [0.4, 0.5) is 4.39 Å². The van der Waals surface area contributed by atoms with Gasteiger partial charge in [0.15, 0.2) is 15.9 Å². The van der Waals surface area contributed by atoms with Crippen LogP contribution in [-0.4, -0.2) is 39.2 Å². The molecule has 0 aliphatic rings. The fourth-order valence-electron chi connectivity index (χ4n) is 2.45. The number of esters is 1. The first-order valence-corrected chi connectivity index (χ1v) is 10.5. The van der Waals surface area contributed by atoms with Crippen molar-refractivity contribution < 1.29 is 27.1 Å². The fourth-order valence-corrected chi connectivity index (χ4v) is 3.10. The van der Waals surface area contributed by atoms with Crippen LogP contribution >= 0.6 is 0 Å². The number of amides is 1. The van der Waals surface area contributed by atoms with Gasteiger partial charge in [0.2, 0.25) is 0 Å². The lowest BCUT2D eigenvalue weighted by molar-refractivity contribution is -0.129. The number of hydrogen-bond acceptors (Lipinski definition) is 5. The van der Waals surface area contributed by atoms with Gasteiger partial charge >= 0.3 is 5.97 Å². The smallest absolute Gasteiger partial charge is 0.339 e. The number of sulfone groups is 1. The molecule has 2 aromatic rings. The summed E-state index contributed by atoms with van der Waals surface area (Å²) >= 11 is 0. The van der Waals surface area contributed by atoms with E-state index < -0.39 is 27.8 Å². The predicted octanol–water partition coefficient (Wildman–Crippen LogP) is 2.44. The summed E-state index contributed by atoms with van der Waals surface area (Å²) in [6.07, 6.45) is 0.494. The third kappa shape index (κ3) is 5.88. The Morgan fingerprint density at radius 2 is 1.79 bits per heavy atom. The minimum Gasteiger partial charge on any atom is -0.449 e. The summed E-state index contributed by atoms with van der Waals surface area (Å²) in [7, 11) is -3.47. The molecule has 1 atom stereocenters. The molecule has 0 saturated heterocycles. The molecule has 1 amide bonds. The Bertz CT molecular complexity index is 971. The number of nitrogens with one attached hydrogen (secondary N) is 1. The molecule has 2 aromatic carbocycles. The van der Waals surface area contributed by atoms with Crippen molar-refractivity contribution in [1.82, 2.24) is 5.32 Å². The van der Waals surface area contributed by atoms with E-state index in [2.05, 4.69) is 5.32 Å². The Labute approximate surface area is 163 Å². The topological polar surface area (TPSA) is 89.5 Å². The molecule has 0 unspecified atom stereocenters. The lowest BCUT2D eigenvalue weighted by Crippen LogP contribution is -2.37. The van der Waals surface area contributed by atoms with Crippen LogP contribution in [0.1, 0.15) is 28.4 Å². The maximum Gasteiger partial charge on any atom is 0.339 e. The molecular formula is C20H22FNO5S. The highest BCUT2D eigenvalue weighted by Crippen LogP contribution is 2.17. The molecule has 0 spiro atoms. The Balaban J connectivity index is 1.94. The number of carbonyl (C=O) groups is 2. The summed E-state index contributed by atoms with van der Waals surface area (Å²) in [4.78, 5) is 24.5. The summed E-state index contributed by atoms with van der Waals surface area (Å²) in [5.41, 5.74) is 1.50. The molecule has 0 fully saturated rings. The van der Waals surface area contributed by atoms with Crippen molar-refractivity contribution in [2.45, 2.75) is 31.3 Å². The van der Waals surface area contributed by atoms with E-state index in [4.69, 9.17) is 4.74 Å². The summed E-state index contributed by atoms with van der Waals surface area (Å²) in [6.45, 7) is 3.38. The van der Waals surface area contributed by atoms with Gasteiger partial charge in [-0.05, 0) is 55.7 Å². The first-order valence-electron chi connectivity index (χ1n) is 8.62. The van der Waals surface area contributed by atoms with E-state index in [-0.39, 0.29) is 16.3 Å². The number of benzene rings is 2. The van der Waals surface area contributed by atoms with Gasteiger partial charge in [0, 0.05) is 12.8 Å². The van der Waals surface area contributed by atoms with Gasteiger partial charge in [-0.25, -0.2) is 17.6 Å². The van der Waals surface area contributed by atoms with Crippen LogP contribution in [0, 0.1) is 12.7 Å². The first kappa shape index (κ1) is 21.6. The summed E-state index contributed by atoms with van der Waals surface area (Å²) < 4.78 is 41.4. The Morgan fingerprint density at radius 3 is 2.39 bits per heavy atom. The average Bonchev–Trinajstić information content (AvgIpc) is 2.62. The predicted molar refractivity (Wildman–Crippen MR) is 102 cm³/mol. The molecule has 28 heavy (non-hydrogen) atoms. The van der Waals surface area contributed by atoms with Gasteiger partial charge in [0.25, 0.3) is 5.91 Å². The monoisotopic (exact) mass is 407 g/mol. The van der Waals surface area contributed by atoms with E-state index in [1.165, 1.54) is 37.3 Å². The Morgan fingerprint density at radius 1 is 1.14 bits per heavy atom. The van der Waals surface area contributed by atoms with E-state index in [0.717, 1.165) is 11.8 Å². The standard InChI is InChI=1S/C20H22FNO5S/c1-13-4-9-17(28(3,25)26)12-18(13)20(24)27-14(2)19(23)22-11-10-15-5-7-16(21)8-6-15/h4-9,12,14H,10-11H2,1-3H3,(H,22,23)/t14-/m0/s1. The average molecular weight is 407 g/mol. The summed E-state index contributed by atoms with van der Waals surface area (Å²) in [5.74, 6) is -1.58. The molecule has 150 valence electrons. The maximum absolute atomic E-state index is 12.9. The minimum absolute atomic E-state index is 0.00134. The fraction of sp³-hybridized carbons (Fsp3) is 0.300. The van der Waals surface area contributed by atoms with Gasteiger partial charge in [-0.1, -0.05) is 18.2 Å². The molecule has 0 radical (unpaired) electrons. The van der Waals surface area contributed by atoms with Crippen molar-refractivity contribution in [3.8, 4) is 0 Å². The van der Waals surface area contributed by atoms with E-state index in [1.807, 2.05) is 0 Å². The van der Waals surface area contributed by atoms with Gasteiger partial charge in [-0.2, -0.15) is 0 Å². The van der Waals surface area contributed by atoms with Crippen molar-refractivity contribution in [1.29, 1.82) is 0 Å². The number of carbonyl (C=O) groups excluding carboxylic acids is 2. The van der Waals surface area contributed by atoms with Crippen LogP contribution in [0.25, 0.3) is 0 Å². The van der Waals surface area contributed by atoms with Crippen molar-refractivity contribution in [3.05, 3.63) is 65.0 Å². The second-order valence-electron chi connectivity index (χ2n) is 6.46. The molecule has 0 aromatic heterocycles. The molecule has 0 aliphatic carbocycles. The van der Waals surface area contributed by atoms with Crippen LogP contribution in [-0.2, 0) is 25.8 Å². The van der Waals surface area contributed by atoms with Crippen LogP contribution in [0.2, 0.25) is 0 Å². The Kier molecular flexibility index (Phi) is 6.90. The van der Waals surface area contributed by atoms with E-state index in [1.54, 1.807) is 19.1 Å². The zero-order valence-corrected chi connectivity index (χ0v) is 16.7. The molecule has 2 rings (SSSR count). The number of hydrogen-bond donors (Lipinski definition) is 1. The molecule has 0 saturated carbocycles. The number of halogens is 1. The molecule has 0 aliphatic heterocycles. The van der Waals surface area contributed by atoms with E-state index >= 15 is 0 Å². The first-order chi connectivity index (χ1) is 13.1. The van der Waals surface area contributed by atoms with Crippen LogP contribution in [0.5, 0.6) is 0 Å². The highest BCUT2D eigenvalue weighted by molar-refractivity contribution is 7.90. The normalized spacial score (nSPS) is 12.3. The zero-order valence-electron chi connectivity index (χ0n) is 15.9. The van der Waals surface area contributed by atoms with Crippen molar-refractivity contribution in [2.24, 2.45) is 0 Å². The summed E-state index contributed by atoms with van der Waals surface area (Å²) in [5, 5.41) is 2.65. The quantitative estimate of drug-likeness (QED) is 0.712. The number of ether oxygens (including phenoxy) is 1. The molecule has 0 heterocycles. The summed E-state index contributed by atoms with van der Waals surface area (Å²) in [6, 6.07) is 10.1. The minimum atomic E-state index is -3.47. The largest absolute Gasteiger partial charge is 0.449 e. The molecular weight excluding hydrogens is 385 g/mol. The van der Waals surface area contributed by atoms with Crippen molar-refractivity contribution in [3.63, 3.8) is 0 Å².